The summed E-state index contributed by atoms with van der Waals surface area (Å²) in [5, 5.41) is 11.0. The van der Waals surface area contributed by atoms with Crippen LogP contribution >= 0.6 is 11.3 Å². The molecule has 0 spiro atoms. The van der Waals surface area contributed by atoms with Crippen LogP contribution in [-0.2, 0) is 17.5 Å². The van der Waals surface area contributed by atoms with Crippen molar-refractivity contribution in [3.63, 3.8) is 0 Å². The molecule has 1 N–H and O–H groups in total. The lowest BCUT2D eigenvalue weighted by Gasteiger charge is -2.27. The molecule has 2 aromatic heterocycles. The number of thiazole rings is 1. The molecular formula is C25H23F3N6O2S. The van der Waals surface area contributed by atoms with E-state index in [0.717, 1.165) is 22.6 Å². The van der Waals surface area contributed by atoms with Crippen molar-refractivity contribution in [2.75, 3.05) is 31.6 Å². The number of anilines is 1. The van der Waals surface area contributed by atoms with Gasteiger partial charge in [0, 0.05) is 37.1 Å². The van der Waals surface area contributed by atoms with E-state index in [1.807, 2.05) is 11.8 Å². The maximum atomic E-state index is 13.6. The molecule has 1 saturated heterocycles. The summed E-state index contributed by atoms with van der Waals surface area (Å²) in [6.45, 7) is 4.55. The Bertz CT molecular complexity index is 1400. The summed E-state index contributed by atoms with van der Waals surface area (Å²) in [6.07, 6.45) is -1.11. The molecule has 12 heteroatoms. The highest BCUT2D eigenvalue weighted by Gasteiger charge is 2.31. The first-order valence-corrected chi connectivity index (χ1v) is 12.4. The first kappa shape index (κ1) is 25.1. The molecule has 1 amide bonds. The number of ether oxygens (including phenoxy) is 1. The Kier molecular flexibility index (Phi) is 7.04. The average molecular weight is 529 g/mol. The zero-order valence-corrected chi connectivity index (χ0v) is 20.6. The number of carbonyl (C=O) groups is 1. The minimum absolute atomic E-state index is 0.0819. The van der Waals surface area contributed by atoms with E-state index in [4.69, 9.17) is 4.74 Å². The van der Waals surface area contributed by atoms with Gasteiger partial charge in [-0.1, -0.05) is 11.3 Å². The highest BCUT2D eigenvalue weighted by molar-refractivity contribution is 7.13. The number of nitrogens with one attached hydrogen (secondary N) is 1. The fourth-order valence-corrected chi connectivity index (χ4v) is 4.65. The normalized spacial score (nSPS) is 14.6. The second kappa shape index (κ2) is 10.4. The first-order chi connectivity index (χ1) is 17.8. The second-order valence-corrected chi connectivity index (χ2v) is 9.56. The van der Waals surface area contributed by atoms with Crippen LogP contribution in [-0.4, -0.2) is 57.1 Å². The van der Waals surface area contributed by atoms with E-state index in [-0.39, 0.29) is 11.3 Å². The molecule has 3 heterocycles. The number of hydrogen-bond donors (Lipinski definition) is 1. The van der Waals surface area contributed by atoms with Gasteiger partial charge in [0.05, 0.1) is 41.0 Å². The smallest absolute Gasteiger partial charge is 0.379 e. The number of aromatic nitrogens is 4. The molecule has 0 atom stereocenters. The number of carbonyl (C=O) groups excluding carboxylic acids is 1. The van der Waals surface area contributed by atoms with Gasteiger partial charge in [-0.2, -0.15) is 13.2 Å². The number of benzene rings is 2. The van der Waals surface area contributed by atoms with E-state index < -0.39 is 17.6 Å². The van der Waals surface area contributed by atoms with Crippen LogP contribution in [0.1, 0.15) is 27.0 Å². The monoisotopic (exact) mass is 528 g/mol. The molecule has 1 aliphatic heterocycles. The third-order valence-corrected chi connectivity index (χ3v) is 6.78. The van der Waals surface area contributed by atoms with Crippen molar-refractivity contribution in [1.82, 2.24) is 24.9 Å². The maximum Gasteiger partial charge on any atom is 0.416 e. The number of morpholine rings is 1. The lowest BCUT2D eigenvalue weighted by Crippen LogP contribution is -2.35. The molecule has 0 radical (unpaired) electrons. The molecule has 8 nitrogen and oxygen atoms in total. The predicted octanol–water partition coefficient (Wildman–Crippen LogP) is 4.80. The molecule has 4 aromatic rings. The number of aryl methyl sites for hydroxylation is 1. The standard InChI is InChI=1S/C25H23F3N6O2S/c1-16-2-3-18(10-22(16)34-14-21(31-32-34)23-12-29-15-37-23)24(35)30-20-9-17(8-19(11-20)25(26,27)28)13-33-4-6-36-7-5-33/h2-3,8-12,14-15H,4-7,13H2,1H3,(H,30,35). The predicted molar refractivity (Wildman–Crippen MR) is 133 cm³/mol. The van der Waals surface area contributed by atoms with E-state index in [2.05, 4.69) is 20.6 Å². The molecule has 0 unspecified atom stereocenters. The van der Waals surface area contributed by atoms with Crippen molar-refractivity contribution in [2.24, 2.45) is 0 Å². The van der Waals surface area contributed by atoms with Gasteiger partial charge in [0.25, 0.3) is 5.91 Å². The number of nitrogens with zero attached hydrogens (tertiary/aromatic N) is 5. The second-order valence-electron chi connectivity index (χ2n) is 8.67. The summed E-state index contributed by atoms with van der Waals surface area (Å²) in [5.41, 5.74) is 3.85. The summed E-state index contributed by atoms with van der Waals surface area (Å²) in [5.74, 6) is -0.527. The number of hydrogen-bond acceptors (Lipinski definition) is 7. The Morgan fingerprint density at radius 2 is 1.97 bits per heavy atom. The number of halogens is 3. The van der Waals surface area contributed by atoms with Crippen molar-refractivity contribution in [2.45, 2.75) is 19.6 Å². The third-order valence-electron chi connectivity index (χ3n) is 5.98. The van der Waals surface area contributed by atoms with Crippen LogP contribution in [0.15, 0.2) is 54.3 Å². The van der Waals surface area contributed by atoms with Gasteiger partial charge in [0.2, 0.25) is 0 Å². The summed E-state index contributed by atoms with van der Waals surface area (Å²) < 4.78 is 47.7. The van der Waals surface area contributed by atoms with E-state index in [1.165, 1.54) is 11.3 Å². The van der Waals surface area contributed by atoms with Gasteiger partial charge in [-0.25, -0.2) is 4.68 Å². The van der Waals surface area contributed by atoms with Gasteiger partial charge in [-0.05, 0) is 48.4 Å². The molecule has 0 aliphatic carbocycles. The lowest BCUT2D eigenvalue weighted by atomic mass is 10.1. The highest BCUT2D eigenvalue weighted by Crippen LogP contribution is 2.33. The van der Waals surface area contributed by atoms with Crippen LogP contribution in [0.25, 0.3) is 16.3 Å². The van der Waals surface area contributed by atoms with Crippen molar-refractivity contribution in [3.05, 3.63) is 76.6 Å². The van der Waals surface area contributed by atoms with Crippen molar-refractivity contribution in [1.29, 1.82) is 0 Å². The molecule has 37 heavy (non-hydrogen) atoms. The van der Waals surface area contributed by atoms with Crippen LogP contribution in [0.3, 0.4) is 0 Å². The summed E-state index contributed by atoms with van der Waals surface area (Å²) in [6, 6.07) is 8.68. The van der Waals surface area contributed by atoms with E-state index in [9.17, 15) is 18.0 Å². The van der Waals surface area contributed by atoms with Crippen LogP contribution in [0.4, 0.5) is 18.9 Å². The Morgan fingerprint density at radius 3 is 2.70 bits per heavy atom. The van der Waals surface area contributed by atoms with Gasteiger partial charge in [-0.15, -0.1) is 16.4 Å². The van der Waals surface area contributed by atoms with Crippen LogP contribution < -0.4 is 5.32 Å². The molecule has 5 rings (SSSR count). The molecule has 1 aliphatic rings. The van der Waals surface area contributed by atoms with Crippen LogP contribution in [0.5, 0.6) is 0 Å². The highest BCUT2D eigenvalue weighted by atomic mass is 32.1. The number of amides is 1. The maximum absolute atomic E-state index is 13.6. The molecule has 192 valence electrons. The molecule has 2 aromatic carbocycles. The lowest BCUT2D eigenvalue weighted by molar-refractivity contribution is -0.137. The molecular weight excluding hydrogens is 505 g/mol. The zero-order chi connectivity index (χ0) is 26.0. The zero-order valence-electron chi connectivity index (χ0n) is 19.8. The Balaban J connectivity index is 1.39. The molecule has 1 fully saturated rings. The Labute approximate surface area is 214 Å². The molecule has 0 bridgehead atoms. The minimum Gasteiger partial charge on any atom is -0.379 e. The SMILES string of the molecule is Cc1ccc(C(=O)Nc2cc(CN3CCOCC3)cc(C(F)(F)F)c2)cc1-n1cc(-c2cncs2)nn1. The first-order valence-electron chi connectivity index (χ1n) is 11.5. The number of rotatable bonds is 6. The molecule has 0 saturated carbocycles. The fourth-order valence-electron chi connectivity index (χ4n) is 4.07. The van der Waals surface area contributed by atoms with Gasteiger partial charge >= 0.3 is 6.18 Å². The van der Waals surface area contributed by atoms with Crippen molar-refractivity contribution < 1.29 is 22.7 Å². The minimum atomic E-state index is -4.54. The Morgan fingerprint density at radius 1 is 1.16 bits per heavy atom. The van der Waals surface area contributed by atoms with Gasteiger partial charge in [0.15, 0.2) is 0 Å². The number of alkyl halides is 3. The summed E-state index contributed by atoms with van der Waals surface area (Å²) in [4.78, 5) is 20.0. The third kappa shape index (κ3) is 5.87. The van der Waals surface area contributed by atoms with E-state index >= 15 is 0 Å². The van der Waals surface area contributed by atoms with Gasteiger partial charge < -0.3 is 10.1 Å². The van der Waals surface area contributed by atoms with Crippen LogP contribution in [0, 0.1) is 6.92 Å². The van der Waals surface area contributed by atoms with Gasteiger partial charge in [-0.3, -0.25) is 14.7 Å². The fraction of sp³-hybridized carbons (Fsp3) is 0.280. The Hall–Kier alpha value is -3.61. The van der Waals surface area contributed by atoms with Gasteiger partial charge in [0.1, 0.15) is 5.69 Å². The summed E-state index contributed by atoms with van der Waals surface area (Å²) in [7, 11) is 0. The summed E-state index contributed by atoms with van der Waals surface area (Å²) >= 11 is 1.43. The van der Waals surface area contributed by atoms with E-state index in [0.29, 0.717) is 49.8 Å². The van der Waals surface area contributed by atoms with Crippen molar-refractivity contribution >= 4 is 22.9 Å². The van der Waals surface area contributed by atoms with Crippen molar-refractivity contribution in [3.8, 4) is 16.3 Å². The van der Waals surface area contributed by atoms with E-state index in [1.54, 1.807) is 46.9 Å². The average Bonchev–Trinajstić information content (AvgIpc) is 3.57. The van der Waals surface area contributed by atoms with Crippen LogP contribution in [0.2, 0.25) is 0 Å². The topological polar surface area (TPSA) is 85.2 Å². The quantitative estimate of drug-likeness (QED) is 0.387. The largest absolute Gasteiger partial charge is 0.416 e.